The van der Waals surface area contributed by atoms with Gasteiger partial charge in [-0.1, -0.05) is 61.9 Å². The molecule has 2 amide bonds. The molecule has 4 nitrogen and oxygen atoms in total. The summed E-state index contributed by atoms with van der Waals surface area (Å²) in [4.78, 5) is 28.3. The van der Waals surface area contributed by atoms with Crippen LogP contribution in [-0.2, 0) is 16.1 Å². The van der Waals surface area contributed by atoms with Gasteiger partial charge in [-0.25, -0.2) is 0 Å². The number of benzene rings is 2. The van der Waals surface area contributed by atoms with Crippen molar-refractivity contribution in [3.05, 3.63) is 66.2 Å². The van der Waals surface area contributed by atoms with Gasteiger partial charge in [-0.15, -0.1) is 11.8 Å². The highest BCUT2D eigenvalue weighted by Crippen LogP contribution is 2.19. The van der Waals surface area contributed by atoms with E-state index in [9.17, 15) is 9.59 Å². The minimum absolute atomic E-state index is 0.00502. The number of carbonyl (C=O) groups is 2. The van der Waals surface area contributed by atoms with Gasteiger partial charge >= 0.3 is 0 Å². The molecule has 0 bridgehead atoms. The first-order valence-corrected chi connectivity index (χ1v) is 10.9. The van der Waals surface area contributed by atoms with E-state index in [2.05, 4.69) is 12.2 Å². The lowest BCUT2D eigenvalue weighted by Crippen LogP contribution is -2.47. The van der Waals surface area contributed by atoms with Gasteiger partial charge in [0.25, 0.3) is 0 Å². The van der Waals surface area contributed by atoms with Crippen molar-refractivity contribution in [3.63, 3.8) is 0 Å². The SMILES string of the molecule is CCCCNC(=O)[C@H](C)N(Cc1ccccc1)C(=O)CCSc1ccccc1. The van der Waals surface area contributed by atoms with Crippen molar-refractivity contribution in [2.24, 2.45) is 0 Å². The third-order valence-electron chi connectivity index (χ3n) is 4.52. The Balaban J connectivity index is 1.99. The molecule has 0 unspecified atom stereocenters. The van der Waals surface area contributed by atoms with Crippen molar-refractivity contribution >= 4 is 23.6 Å². The summed E-state index contributed by atoms with van der Waals surface area (Å²) in [5.41, 5.74) is 1.03. The average molecular weight is 399 g/mol. The van der Waals surface area contributed by atoms with Crippen LogP contribution in [-0.4, -0.2) is 35.1 Å². The van der Waals surface area contributed by atoms with E-state index in [0.717, 1.165) is 23.3 Å². The van der Waals surface area contributed by atoms with Crippen molar-refractivity contribution in [3.8, 4) is 0 Å². The Labute approximate surface area is 172 Å². The Hall–Kier alpha value is -2.27. The fourth-order valence-corrected chi connectivity index (χ4v) is 3.68. The number of unbranched alkanes of at least 4 members (excludes halogenated alkanes) is 1. The Morgan fingerprint density at radius 3 is 2.32 bits per heavy atom. The summed E-state index contributed by atoms with van der Waals surface area (Å²) in [6.45, 7) is 4.99. The number of thioether (sulfide) groups is 1. The molecule has 0 aromatic heterocycles. The van der Waals surface area contributed by atoms with Gasteiger partial charge in [0, 0.05) is 30.2 Å². The van der Waals surface area contributed by atoms with Gasteiger partial charge in [-0.2, -0.15) is 0 Å². The molecular weight excluding hydrogens is 368 g/mol. The van der Waals surface area contributed by atoms with Gasteiger partial charge in [0.15, 0.2) is 0 Å². The molecule has 0 spiro atoms. The lowest BCUT2D eigenvalue weighted by Gasteiger charge is -2.29. The maximum absolute atomic E-state index is 12.9. The van der Waals surface area contributed by atoms with Gasteiger partial charge in [0.05, 0.1) is 0 Å². The lowest BCUT2D eigenvalue weighted by atomic mass is 10.1. The van der Waals surface area contributed by atoms with Crippen LogP contribution in [0.15, 0.2) is 65.6 Å². The van der Waals surface area contributed by atoms with Crippen molar-refractivity contribution in [1.29, 1.82) is 0 Å². The molecule has 0 aliphatic rings. The summed E-state index contributed by atoms with van der Waals surface area (Å²) >= 11 is 1.66. The van der Waals surface area contributed by atoms with Crippen molar-refractivity contribution < 1.29 is 9.59 Å². The molecule has 0 aliphatic carbocycles. The van der Waals surface area contributed by atoms with E-state index in [4.69, 9.17) is 0 Å². The Kier molecular flexibility index (Phi) is 9.63. The average Bonchev–Trinajstić information content (AvgIpc) is 2.73. The standard InChI is InChI=1S/C23H30N2O2S/c1-3-4-16-24-23(27)19(2)25(18-20-11-7-5-8-12-20)22(26)15-17-28-21-13-9-6-10-14-21/h5-14,19H,3-4,15-18H2,1-2H3,(H,24,27)/t19-/m0/s1. The van der Waals surface area contributed by atoms with Crippen molar-refractivity contribution in [2.45, 2.75) is 50.6 Å². The first kappa shape index (κ1) is 22.0. The van der Waals surface area contributed by atoms with Crippen LogP contribution in [0.4, 0.5) is 0 Å². The van der Waals surface area contributed by atoms with E-state index in [1.807, 2.05) is 67.6 Å². The third kappa shape index (κ3) is 7.39. The van der Waals surface area contributed by atoms with E-state index in [1.54, 1.807) is 16.7 Å². The zero-order valence-corrected chi connectivity index (χ0v) is 17.6. The zero-order chi connectivity index (χ0) is 20.2. The third-order valence-corrected chi connectivity index (χ3v) is 5.53. The Morgan fingerprint density at radius 2 is 1.68 bits per heavy atom. The van der Waals surface area contributed by atoms with E-state index in [1.165, 1.54) is 0 Å². The quantitative estimate of drug-likeness (QED) is 0.448. The normalized spacial score (nSPS) is 11.6. The zero-order valence-electron chi connectivity index (χ0n) is 16.8. The second-order valence-corrected chi connectivity index (χ2v) is 7.91. The number of carbonyl (C=O) groups excluding carboxylic acids is 2. The van der Waals surface area contributed by atoms with Gasteiger partial charge < -0.3 is 10.2 Å². The molecule has 0 saturated heterocycles. The number of hydrogen-bond donors (Lipinski definition) is 1. The molecule has 2 aromatic carbocycles. The molecule has 0 heterocycles. The number of amides is 2. The predicted octanol–water partition coefficient (Wildman–Crippen LogP) is 4.50. The molecule has 1 atom stereocenters. The fourth-order valence-electron chi connectivity index (χ4n) is 2.82. The number of nitrogens with zero attached hydrogens (tertiary/aromatic N) is 1. The number of nitrogens with one attached hydrogen (secondary N) is 1. The van der Waals surface area contributed by atoms with Crippen LogP contribution in [0, 0.1) is 0 Å². The van der Waals surface area contributed by atoms with E-state index in [0.29, 0.717) is 25.3 Å². The van der Waals surface area contributed by atoms with Crippen LogP contribution in [0.25, 0.3) is 0 Å². The topological polar surface area (TPSA) is 49.4 Å². The smallest absolute Gasteiger partial charge is 0.242 e. The van der Waals surface area contributed by atoms with Crippen LogP contribution >= 0.6 is 11.8 Å². The molecule has 5 heteroatoms. The van der Waals surface area contributed by atoms with E-state index in [-0.39, 0.29) is 11.8 Å². The van der Waals surface area contributed by atoms with E-state index >= 15 is 0 Å². The van der Waals surface area contributed by atoms with Gasteiger partial charge in [0.2, 0.25) is 11.8 Å². The minimum atomic E-state index is -0.494. The van der Waals surface area contributed by atoms with Gasteiger partial charge in [-0.05, 0) is 31.0 Å². The van der Waals surface area contributed by atoms with Crippen LogP contribution in [0.2, 0.25) is 0 Å². The molecule has 1 N–H and O–H groups in total. The van der Waals surface area contributed by atoms with Crippen molar-refractivity contribution in [1.82, 2.24) is 10.2 Å². The minimum Gasteiger partial charge on any atom is -0.354 e. The lowest BCUT2D eigenvalue weighted by molar-refractivity contribution is -0.140. The molecule has 2 rings (SSSR count). The van der Waals surface area contributed by atoms with Gasteiger partial charge in [0.1, 0.15) is 6.04 Å². The summed E-state index contributed by atoms with van der Waals surface area (Å²) in [6.07, 6.45) is 2.37. The van der Waals surface area contributed by atoms with Crippen LogP contribution in [0.5, 0.6) is 0 Å². The number of hydrogen-bond acceptors (Lipinski definition) is 3. The highest BCUT2D eigenvalue weighted by Gasteiger charge is 2.25. The van der Waals surface area contributed by atoms with Crippen LogP contribution < -0.4 is 5.32 Å². The molecular formula is C23H30N2O2S. The second kappa shape index (κ2) is 12.2. The Bertz CT molecular complexity index is 722. The molecule has 28 heavy (non-hydrogen) atoms. The summed E-state index contributed by atoms with van der Waals surface area (Å²) in [5, 5.41) is 2.95. The van der Waals surface area contributed by atoms with Gasteiger partial charge in [-0.3, -0.25) is 9.59 Å². The Morgan fingerprint density at radius 1 is 1.04 bits per heavy atom. The largest absolute Gasteiger partial charge is 0.354 e. The molecule has 150 valence electrons. The highest BCUT2D eigenvalue weighted by atomic mass is 32.2. The summed E-state index contributed by atoms with van der Waals surface area (Å²) < 4.78 is 0. The first-order valence-electron chi connectivity index (χ1n) is 9.90. The van der Waals surface area contributed by atoms with Crippen LogP contribution in [0.3, 0.4) is 0 Å². The molecule has 0 aliphatic heterocycles. The fraction of sp³-hybridized carbons (Fsp3) is 0.391. The maximum Gasteiger partial charge on any atom is 0.242 e. The summed E-state index contributed by atoms with van der Waals surface area (Å²) in [5.74, 6) is 0.608. The monoisotopic (exact) mass is 398 g/mol. The van der Waals surface area contributed by atoms with E-state index < -0.39 is 6.04 Å². The molecule has 0 saturated carbocycles. The molecule has 0 radical (unpaired) electrons. The van der Waals surface area contributed by atoms with Crippen molar-refractivity contribution in [2.75, 3.05) is 12.3 Å². The molecule has 0 fully saturated rings. The first-order chi connectivity index (χ1) is 13.6. The number of rotatable bonds is 11. The summed E-state index contributed by atoms with van der Waals surface area (Å²) in [6, 6.07) is 19.4. The summed E-state index contributed by atoms with van der Waals surface area (Å²) in [7, 11) is 0. The second-order valence-electron chi connectivity index (χ2n) is 6.74. The van der Waals surface area contributed by atoms with Crippen LogP contribution in [0.1, 0.15) is 38.7 Å². The maximum atomic E-state index is 12.9. The predicted molar refractivity (Wildman–Crippen MR) is 116 cm³/mol. The highest BCUT2D eigenvalue weighted by molar-refractivity contribution is 7.99. The molecule has 2 aromatic rings.